The Morgan fingerprint density at radius 2 is 2.27 bits per heavy atom. The molecule has 0 bridgehead atoms. The number of Topliss-reactive ketones (excluding diaryl/α,β-unsaturated/α-hetero) is 1. The molecule has 1 aliphatic rings. The summed E-state index contributed by atoms with van der Waals surface area (Å²) in [5, 5.41) is 14.2. The normalized spacial score (nSPS) is 19.3. The van der Waals surface area contributed by atoms with Crippen LogP contribution in [0.1, 0.15) is 43.0 Å². The quantitative estimate of drug-likeness (QED) is 0.764. The van der Waals surface area contributed by atoms with E-state index in [1.54, 1.807) is 17.1 Å². The lowest BCUT2D eigenvalue weighted by Gasteiger charge is -2.18. The third kappa shape index (κ3) is 1.81. The summed E-state index contributed by atoms with van der Waals surface area (Å²) in [5.41, 5.74) is -0.594. The predicted molar refractivity (Wildman–Crippen MR) is 55.6 cm³/mol. The van der Waals surface area contributed by atoms with Crippen LogP contribution in [-0.2, 0) is 6.54 Å². The minimum absolute atomic E-state index is 0.167. The smallest absolute Gasteiger partial charge is 0.197 e. The topological polar surface area (TPSA) is 55.1 Å². The zero-order valence-electron chi connectivity index (χ0n) is 8.94. The Morgan fingerprint density at radius 3 is 2.80 bits per heavy atom. The number of nitrogens with zero attached hydrogens (tertiary/aromatic N) is 2. The van der Waals surface area contributed by atoms with Gasteiger partial charge in [0.05, 0.1) is 11.8 Å². The minimum atomic E-state index is -1.12. The zero-order chi connectivity index (χ0) is 10.9. The van der Waals surface area contributed by atoms with Gasteiger partial charge in [-0.1, -0.05) is 0 Å². The van der Waals surface area contributed by atoms with E-state index in [2.05, 4.69) is 5.10 Å². The molecule has 0 atom stereocenters. The highest BCUT2D eigenvalue weighted by Crippen LogP contribution is 2.32. The second kappa shape index (κ2) is 3.77. The third-order valence-corrected chi connectivity index (χ3v) is 3.07. The molecule has 1 N–H and O–H groups in total. The second-order valence-corrected chi connectivity index (χ2v) is 4.15. The van der Waals surface area contributed by atoms with Crippen LogP contribution in [0.3, 0.4) is 0 Å². The van der Waals surface area contributed by atoms with Crippen LogP contribution in [0, 0.1) is 0 Å². The van der Waals surface area contributed by atoms with Gasteiger partial charge in [0.25, 0.3) is 0 Å². The first-order valence-corrected chi connectivity index (χ1v) is 5.45. The van der Waals surface area contributed by atoms with Crippen molar-refractivity contribution in [2.45, 2.75) is 44.8 Å². The number of aromatic nitrogens is 2. The fourth-order valence-corrected chi connectivity index (χ4v) is 2.11. The Balaban J connectivity index is 2.19. The van der Waals surface area contributed by atoms with E-state index in [0.29, 0.717) is 18.4 Å². The van der Waals surface area contributed by atoms with E-state index < -0.39 is 5.60 Å². The Bertz CT molecular complexity index is 364. The number of aliphatic hydroxyl groups is 1. The standard InChI is InChI=1S/C11H16N2O2/c1-2-13-8-9(7-12-13)10(14)11(15)5-3-4-6-11/h7-8,15H,2-6H2,1H3. The van der Waals surface area contributed by atoms with Crippen molar-refractivity contribution in [2.75, 3.05) is 0 Å². The lowest BCUT2D eigenvalue weighted by Crippen LogP contribution is -2.35. The molecule has 4 nitrogen and oxygen atoms in total. The molecule has 4 heteroatoms. The van der Waals surface area contributed by atoms with Crippen LogP contribution in [0.25, 0.3) is 0 Å². The number of rotatable bonds is 3. The molecule has 15 heavy (non-hydrogen) atoms. The van der Waals surface area contributed by atoms with E-state index in [1.165, 1.54) is 0 Å². The van der Waals surface area contributed by atoms with E-state index in [1.807, 2.05) is 6.92 Å². The lowest BCUT2D eigenvalue weighted by atomic mass is 9.93. The van der Waals surface area contributed by atoms with Gasteiger partial charge < -0.3 is 5.11 Å². The summed E-state index contributed by atoms with van der Waals surface area (Å²) in [6.07, 6.45) is 6.29. The van der Waals surface area contributed by atoms with Gasteiger partial charge in [-0.25, -0.2) is 0 Å². The average Bonchev–Trinajstić information content (AvgIpc) is 2.85. The van der Waals surface area contributed by atoms with Crippen LogP contribution in [-0.4, -0.2) is 26.3 Å². The van der Waals surface area contributed by atoms with E-state index in [-0.39, 0.29) is 5.78 Å². The van der Waals surface area contributed by atoms with Crippen molar-refractivity contribution in [3.05, 3.63) is 18.0 Å². The van der Waals surface area contributed by atoms with E-state index in [9.17, 15) is 9.90 Å². The van der Waals surface area contributed by atoms with Gasteiger partial charge in [-0.3, -0.25) is 9.48 Å². The number of carbonyl (C=O) groups is 1. The fraction of sp³-hybridized carbons (Fsp3) is 0.636. The van der Waals surface area contributed by atoms with Gasteiger partial charge in [-0.05, 0) is 32.6 Å². The van der Waals surface area contributed by atoms with Gasteiger partial charge in [0, 0.05) is 12.7 Å². The first-order chi connectivity index (χ1) is 7.15. The molecule has 0 unspecified atom stereocenters. The number of hydrogen-bond acceptors (Lipinski definition) is 3. The Hall–Kier alpha value is -1.16. The molecule has 0 amide bonds. The van der Waals surface area contributed by atoms with Crippen molar-refractivity contribution >= 4 is 5.78 Å². The molecule has 1 heterocycles. The highest BCUT2D eigenvalue weighted by Gasteiger charge is 2.39. The lowest BCUT2D eigenvalue weighted by molar-refractivity contribution is 0.0353. The maximum atomic E-state index is 12.0. The van der Waals surface area contributed by atoms with Crippen molar-refractivity contribution in [3.8, 4) is 0 Å². The highest BCUT2D eigenvalue weighted by atomic mass is 16.3. The molecule has 0 radical (unpaired) electrons. The number of ketones is 1. The molecular formula is C11H16N2O2. The van der Waals surface area contributed by atoms with Crippen LogP contribution in [0.2, 0.25) is 0 Å². The summed E-state index contributed by atoms with van der Waals surface area (Å²) in [7, 11) is 0. The van der Waals surface area contributed by atoms with Crippen molar-refractivity contribution < 1.29 is 9.90 Å². The first-order valence-electron chi connectivity index (χ1n) is 5.45. The Kier molecular flexibility index (Phi) is 2.61. The SMILES string of the molecule is CCn1cc(C(=O)C2(O)CCCC2)cn1. The summed E-state index contributed by atoms with van der Waals surface area (Å²) in [5.74, 6) is -0.167. The van der Waals surface area contributed by atoms with Crippen molar-refractivity contribution in [2.24, 2.45) is 0 Å². The molecule has 1 aliphatic carbocycles. The Labute approximate surface area is 88.9 Å². The second-order valence-electron chi connectivity index (χ2n) is 4.15. The van der Waals surface area contributed by atoms with E-state index in [4.69, 9.17) is 0 Å². The molecule has 0 spiro atoms. The van der Waals surface area contributed by atoms with Crippen molar-refractivity contribution in [1.29, 1.82) is 0 Å². The molecular weight excluding hydrogens is 192 g/mol. The van der Waals surface area contributed by atoms with Gasteiger partial charge in [0.2, 0.25) is 0 Å². The summed E-state index contributed by atoms with van der Waals surface area (Å²) in [6.45, 7) is 2.71. The van der Waals surface area contributed by atoms with Crippen LogP contribution in [0.5, 0.6) is 0 Å². The minimum Gasteiger partial charge on any atom is -0.382 e. The van der Waals surface area contributed by atoms with Crippen molar-refractivity contribution in [3.63, 3.8) is 0 Å². The summed E-state index contributed by atoms with van der Waals surface area (Å²) >= 11 is 0. The third-order valence-electron chi connectivity index (χ3n) is 3.07. The molecule has 0 aliphatic heterocycles. The highest BCUT2D eigenvalue weighted by molar-refractivity contribution is 6.02. The number of hydrogen-bond donors (Lipinski definition) is 1. The van der Waals surface area contributed by atoms with Crippen LogP contribution < -0.4 is 0 Å². The average molecular weight is 208 g/mol. The van der Waals surface area contributed by atoms with Crippen LogP contribution >= 0.6 is 0 Å². The van der Waals surface area contributed by atoms with Crippen LogP contribution in [0.4, 0.5) is 0 Å². The fourth-order valence-electron chi connectivity index (χ4n) is 2.11. The first kappa shape index (κ1) is 10.4. The Morgan fingerprint density at radius 1 is 1.60 bits per heavy atom. The van der Waals surface area contributed by atoms with Crippen molar-refractivity contribution in [1.82, 2.24) is 9.78 Å². The summed E-state index contributed by atoms with van der Waals surface area (Å²) < 4.78 is 1.70. The largest absolute Gasteiger partial charge is 0.382 e. The van der Waals surface area contributed by atoms with Gasteiger partial charge in [-0.2, -0.15) is 5.10 Å². The van der Waals surface area contributed by atoms with Gasteiger partial charge >= 0.3 is 0 Å². The summed E-state index contributed by atoms with van der Waals surface area (Å²) in [6, 6.07) is 0. The maximum Gasteiger partial charge on any atom is 0.197 e. The molecule has 0 saturated heterocycles. The molecule has 1 aromatic rings. The van der Waals surface area contributed by atoms with Gasteiger partial charge in [0.1, 0.15) is 5.60 Å². The molecule has 82 valence electrons. The van der Waals surface area contributed by atoms with Gasteiger partial charge in [0.15, 0.2) is 5.78 Å². The van der Waals surface area contributed by atoms with E-state index in [0.717, 1.165) is 19.4 Å². The maximum absolute atomic E-state index is 12.0. The molecule has 1 saturated carbocycles. The molecule has 1 fully saturated rings. The molecule has 1 aromatic heterocycles. The number of carbonyl (C=O) groups excluding carboxylic acids is 1. The van der Waals surface area contributed by atoms with Crippen LogP contribution in [0.15, 0.2) is 12.4 Å². The zero-order valence-corrected chi connectivity index (χ0v) is 8.94. The van der Waals surface area contributed by atoms with Gasteiger partial charge in [-0.15, -0.1) is 0 Å². The monoisotopic (exact) mass is 208 g/mol. The number of aryl methyl sites for hydroxylation is 1. The molecule has 0 aromatic carbocycles. The van der Waals surface area contributed by atoms with E-state index >= 15 is 0 Å². The predicted octanol–water partition coefficient (Wildman–Crippen LogP) is 1.39. The summed E-state index contributed by atoms with van der Waals surface area (Å²) in [4.78, 5) is 12.0. The molecule has 2 rings (SSSR count).